The van der Waals surface area contributed by atoms with Gasteiger partial charge in [0.15, 0.2) is 11.6 Å². The largest absolute Gasteiger partial charge is 0.360 e. The topological polar surface area (TPSA) is 57.2 Å². The lowest BCUT2D eigenvalue weighted by atomic mass is 10.0. The average molecular weight is 344 g/mol. The summed E-state index contributed by atoms with van der Waals surface area (Å²) in [5.41, 5.74) is 1.17. The highest BCUT2D eigenvalue weighted by Crippen LogP contribution is 2.24. The first-order chi connectivity index (χ1) is 12.1. The second-order valence-electron chi connectivity index (χ2n) is 6.54. The zero-order valence-corrected chi connectivity index (χ0v) is 14.8. The highest BCUT2D eigenvalue weighted by Gasteiger charge is 2.22. The average Bonchev–Trinajstić information content (AvgIpc) is 2.65. The molecule has 1 aliphatic rings. The second kappa shape index (κ2) is 8.20. The van der Waals surface area contributed by atoms with E-state index in [2.05, 4.69) is 31.2 Å². The van der Waals surface area contributed by atoms with Gasteiger partial charge in [-0.15, -0.1) is 0 Å². The Kier molecular flexibility index (Phi) is 5.75. The number of hydrogen-bond donors (Lipinski definition) is 1. The number of hydrogen-bond acceptors (Lipinski definition) is 6. The maximum atomic E-state index is 13.8. The minimum atomic E-state index is -0.421. The smallest absolute Gasteiger partial charge is 0.224 e. The molecule has 2 aromatic heterocycles. The molecule has 0 spiro atoms. The van der Waals surface area contributed by atoms with E-state index < -0.39 is 5.82 Å². The van der Waals surface area contributed by atoms with Gasteiger partial charge in [-0.25, -0.2) is 9.37 Å². The van der Waals surface area contributed by atoms with Crippen LogP contribution in [0.3, 0.4) is 0 Å². The summed E-state index contributed by atoms with van der Waals surface area (Å²) in [7, 11) is 3.53. The summed E-state index contributed by atoms with van der Waals surface area (Å²) in [6.07, 6.45) is 8.64. The molecule has 6 nitrogen and oxygen atoms in total. The number of aromatic nitrogens is 3. The lowest BCUT2D eigenvalue weighted by Crippen LogP contribution is -2.37. The Bertz CT molecular complexity index is 673. The highest BCUT2D eigenvalue weighted by atomic mass is 19.1. The summed E-state index contributed by atoms with van der Waals surface area (Å²) in [5.74, 6) is 0.305. The van der Waals surface area contributed by atoms with Crippen LogP contribution in [0.25, 0.3) is 0 Å². The molecule has 134 valence electrons. The third-order valence-corrected chi connectivity index (χ3v) is 4.50. The SMILES string of the molecule is CN(C)c1nc(NCC(c2cccnc2)N2CCCCC2)ncc1F. The van der Waals surface area contributed by atoms with Gasteiger partial charge in [0.1, 0.15) is 0 Å². The van der Waals surface area contributed by atoms with E-state index in [4.69, 9.17) is 0 Å². The van der Waals surface area contributed by atoms with Gasteiger partial charge in [-0.05, 0) is 37.6 Å². The monoisotopic (exact) mass is 344 g/mol. The van der Waals surface area contributed by atoms with Gasteiger partial charge in [-0.1, -0.05) is 12.5 Å². The van der Waals surface area contributed by atoms with Crippen molar-refractivity contribution in [2.75, 3.05) is 43.9 Å². The Hall–Kier alpha value is -2.28. The van der Waals surface area contributed by atoms with Gasteiger partial charge in [0, 0.05) is 33.0 Å². The zero-order valence-electron chi connectivity index (χ0n) is 14.8. The number of piperidine rings is 1. The maximum absolute atomic E-state index is 13.8. The molecule has 25 heavy (non-hydrogen) atoms. The third kappa shape index (κ3) is 4.42. The normalized spacial score (nSPS) is 16.4. The zero-order chi connectivity index (χ0) is 17.6. The lowest BCUT2D eigenvalue weighted by molar-refractivity contribution is 0.170. The molecule has 0 saturated carbocycles. The van der Waals surface area contributed by atoms with Crippen molar-refractivity contribution in [1.29, 1.82) is 0 Å². The van der Waals surface area contributed by atoms with Gasteiger partial charge in [0.2, 0.25) is 5.95 Å². The lowest BCUT2D eigenvalue weighted by Gasteiger charge is -2.34. The van der Waals surface area contributed by atoms with E-state index in [0.29, 0.717) is 12.5 Å². The molecule has 1 fully saturated rings. The van der Waals surface area contributed by atoms with Gasteiger partial charge >= 0.3 is 0 Å². The number of halogens is 1. The standard InChI is InChI=1S/C18H25FN6/c1-24(2)17-15(19)12-21-18(23-17)22-13-16(14-7-6-8-20-11-14)25-9-4-3-5-10-25/h6-8,11-12,16H,3-5,9-10,13H2,1-2H3,(H,21,22,23). The summed E-state index contributed by atoms with van der Waals surface area (Å²) < 4.78 is 13.8. The number of likely N-dealkylation sites (tertiary alicyclic amines) is 1. The van der Waals surface area contributed by atoms with E-state index in [9.17, 15) is 4.39 Å². The Morgan fingerprint density at radius 1 is 1.24 bits per heavy atom. The van der Waals surface area contributed by atoms with Crippen LogP contribution >= 0.6 is 0 Å². The molecule has 0 aliphatic carbocycles. The van der Waals surface area contributed by atoms with E-state index in [1.165, 1.54) is 31.0 Å². The summed E-state index contributed by atoms with van der Waals surface area (Å²) >= 11 is 0. The Morgan fingerprint density at radius 3 is 2.72 bits per heavy atom. The number of anilines is 2. The molecule has 0 amide bonds. The fourth-order valence-electron chi connectivity index (χ4n) is 3.21. The molecule has 1 unspecified atom stereocenters. The molecule has 2 aromatic rings. The Morgan fingerprint density at radius 2 is 2.04 bits per heavy atom. The number of nitrogens with zero attached hydrogens (tertiary/aromatic N) is 5. The van der Waals surface area contributed by atoms with Crippen LogP contribution in [0.4, 0.5) is 16.2 Å². The molecule has 0 aromatic carbocycles. The van der Waals surface area contributed by atoms with Crippen molar-refractivity contribution in [2.45, 2.75) is 25.3 Å². The van der Waals surface area contributed by atoms with Crippen LogP contribution in [0.5, 0.6) is 0 Å². The number of rotatable bonds is 6. The van der Waals surface area contributed by atoms with Gasteiger partial charge < -0.3 is 10.2 Å². The Labute approximate surface area is 148 Å². The summed E-state index contributed by atoms with van der Waals surface area (Å²) in [6.45, 7) is 2.81. The molecule has 0 bridgehead atoms. The van der Waals surface area contributed by atoms with Gasteiger partial charge in [-0.2, -0.15) is 4.98 Å². The highest BCUT2D eigenvalue weighted by molar-refractivity contribution is 5.42. The van der Waals surface area contributed by atoms with Crippen LogP contribution in [-0.4, -0.2) is 53.6 Å². The molecule has 1 atom stereocenters. The predicted molar refractivity (Wildman–Crippen MR) is 97.2 cm³/mol. The molecule has 1 N–H and O–H groups in total. The van der Waals surface area contributed by atoms with Gasteiger partial charge in [-0.3, -0.25) is 9.88 Å². The van der Waals surface area contributed by atoms with E-state index in [1.54, 1.807) is 25.2 Å². The van der Waals surface area contributed by atoms with Crippen molar-refractivity contribution < 1.29 is 4.39 Å². The number of pyridine rings is 1. The van der Waals surface area contributed by atoms with E-state index in [1.807, 2.05) is 12.3 Å². The second-order valence-corrected chi connectivity index (χ2v) is 6.54. The predicted octanol–water partition coefficient (Wildman–Crippen LogP) is 2.72. The molecule has 3 rings (SSSR count). The summed E-state index contributed by atoms with van der Waals surface area (Å²) in [6, 6.07) is 4.26. The summed E-state index contributed by atoms with van der Waals surface area (Å²) in [5, 5.41) is 3.28. The maximum Gasteiger partial charge on any atom is 0.224 e. The van der Waals surface area contributed by atoms with Crippen LogP contribution in [0.1, 0.15) is 30.9 Å². The van der Waals surface area contributed by atoms with Crippen molar-refractivity contribution in [3.63, 3.8) is 0 Å². The first-order valence-corrected chi connectivity index (χ1v) is 8.73. The van der Waals surface area contributed by atoms with Crippen LogP contribution in [0.2, 0.25) is 0 Å². The van der Waals surface area contributed by atoms with Crippen molar-refractivity contribution in [3.8, 4) is 0 Å². The summed E-state index contributed by atoms with van der Waals surface area (Å²) in [4.78, 5) is 16.7. The molecule has 3 heterocycles. The fraction of sp³-hybridized carbons (Fsp3) is 0.500. The Balaban J connectivity index is 1.75. The van der Waals surface area contributed by atoms with Crippen LogP contribution in [-0.2, 0) is 0 Å². The molecule has 0 radical (unpaired) electrons. The van der Waals surface area contributed by atoms with Crippen molar-refractivity contribution in [2.24, 2.45) is 0 Å². The molecule has 7 heteroatoms. The molecule has 1 aliphatic heterocycles. The van der Waals surface area contributed by atoms with E-state index in [0.717, 1.165) is 13.1 Å². The van der Waals surface area contributed by atoms with E-state index >= 15 is 0 Å². The third-order valence-electron chi connectivity index (χ3n) is 4.50. The number of nitrogens with one attached hydrogen (secondary N) is 1. The first-order valence-electron chi connectivity index (χ1n) is 8.73. The van der Waals surface area contributed by atoms with Crippen LogP contribution < -0.4 is 10.2 Å². The van der Waals surface area contributed by atoms with Crippen molar-refractivity contribution in [3.05, 3.63) is 42.1 Å². The van der Waals surface area contributed by atoms with E-state index in [-0.39, 0.29) is 11.9 Å². The van der Waals surface area contributed by atoms with Gasteiger partial charge in [0.05, 0.1) is 12.2 Å². The minimum absolute atomic E-state index is 0.199. The van der Waals surface area contributed by atoms with Crippen LogP contribution in [0, 0.1) is 5.82 Å². The van der Waals surface area contributed by atoms with Crippen molar-refractivity contribution >= 4 is 11.8 Å². The molecular formula is C18H25FN6. The quantitative estimate of drug-likeness (QED) is 0.870. The first kappa shape index (κ1) is 17.5. The van der Waals surface area contributed by atoms with Crippen LogP contribution in [0.15, 0.2) is 30.7 Å². The fourth-order valence-corrected chi connectivity index (χ4v) is 3.21. The molecular weight excluding hydrogens is 319 g/mol. The minimum Gasteiger partial charge on any atom is -0.360 e. The molecule has 1 saturated heterocycles. The van der Waals surface area contributed by atoms with Crippen molar-refractivity contribution in [1.82, 2.24) is 19.9 Å². The van der Waals surface area contributed by atoms with Gasteiger partial charge in [0.25, 0.3) is 0 Å².